The van der Waals surface area contributed by atoms with E-state index in [1.165, 1.54) is 39.3 Å². The van der Waals surface area contributed by atoms with Crippen molar-refractivity contribution in [3.05, 3.63) is 59.3 Å². The number of alkyl halides is 3. The zero-order valence-corrected chi connectivity index (χ0v) is 17.2. The Balaban J connectivity index is 2.05. The topological polar surface area (TPSA) is 58.1 Å². The fourth-order valence-corrected chi connectivity index (χ4v) is 3.96. The lowest BCUT2D eigenvalue weighted by Crippen LogP contribution is -2.51. The van der Waals surface area contributed by atoms with Crippen LogP contribution in [-0.4, -0.2) is 34.0 Å². The molecule has 0 saturated carbocycles. The van der Waals surface area contributed by atoms with Crippen molar-refractivity contribution in [2.45, 2.75) is 50.8 Å². The summed E-state index contributed by atoms with van der Waals surface area (Å²) in [7, 11) is 1.36. The molecule has 0 fully saturated rings. The van der Waals surface area contributed by atoms with Crippen LogP contribution >= 0.6 is 0 Å². The predicted molar refractivity (Wildman–Crippen MR) is 106 cm³/mol. The molecular weight excluding hydrogens is 400 g/mol. The second-order valence-electron chi connectivity index (χ2n) is 8.26. The minimum Gasteiger partial charge on any atom is -0.496 e. The third-order valence-corrected chi connectivity index (χ3v) is 5.50. The summed E-state index contributed by atoms with van der Waals surface area (Å²) in [5.41, 5.74) is -2.66. The van der Waals surface area contributed by atoms with E-state index >= 15 is 0 Å². The van der Waals surface area contributed by atoms with Gasteiger partial charge in [-0.1, -0.05) is 13.8 Å². The molecule has 2 heterocycles. The summed E-state index contributed by atoms with van der Waals surface area (Å²) in [5, 5.41) is 11.6. The first-order valence-electron chi connectivity index (χ1n) is 9.43. The van der Waals surface area contributed by atoms with Crippen molar-refractivity contribution in [1.29, 1.82) is 0 Å². The van der Waals surface area contributed by atoms with Gasteiger partial charge in [0.25, 0.3) is 0 Å². The number of fused-ring (bicyclic) bond motifs is 1. The number of H-pyrrole nitrogens is 1. The number of aromatic nitrogens is 2. The van der Waals surface area contributed by atoms with E-state index in [2.05, 4.69) is 9.97 Å². The van der Waals surface area contributed by atoms with E-state index in [1.54, 1.807) is 12.3 Å². The lowest BCUT2D eigenvalue weighted by atomic mass is 9.73. The number of pyridine rings is 1. The van der Waals surface area contributed by atoms with Gasteiger partial charge in [0, 0.05) is 29.8 Å². The van der Waals surface area contributed by atoms with Crippen LogP contribution in [0.3, 0.4) is 0 Å². The third kappa shape index (κ3) is 4.01. The van der Waals surface area contributed by atoms with Crippen molar-refractivity contribution in [2.24, 2.45) is 0 Å². The zero-order valence-electron chi connectivity index (χ0n) is 17.2. The van der Waals surface area contributed by atoms with E-state index in [0.29, 0.717) is 5.52 Å². The number of aromatic amines is 1. The van der Waals surface area contributed by atoms with E-state index in [9.17, 15) is 22.7 Å². The van der Waals surface area contributed by atoms with Gasteiger partial charge >= 0.3 is 6.18 Å². The number of aryl methyl sites for hydroxylation is 1. The van der Waals surface area contributed by atoms with Crippen molar-refractivity contribution < 1.29 is 27.4 Å². The first kappa shape index (κ1) is 22.1. The van der Waals surface area contributed by atoms with Crippen LogP contribution in [-0.2, 0) is 11.8 Å². The molecule has 0 radical (unpaired) electrons. The molecule has 1 unspecified atom stereocenters. The maximum Gasteiger partial charge on any atom is 0.417 e. The van der Waals surface area contributed by atoms with Crippen LogP contribution in [0, 0.1) is 12.7 Å². The number of nitrogens with zero attached hydrogens (tertiary/aromatic N) is 1. The molecule has 3 aromatic rings. The quantitative estimate of drug-likeness (QED) is 0.533. The molecule has 2 aromatic heterocycles. The van der Waals surface area contributed by atoms with Crippen LogP contribution in [0.5, 0.6) is 5.75 Å². The van der Waals surface area contributed by atoms with Gasteiger partial charge in [-0.05, 0) is 48.6 Å². The van der Waals surface area contributed by atoms with Gasteiger partial charge in [-0.15, -0.1) is 0 Å². The molecule has 162 valence electrons. The first-order chi connectivity index (χ1) is 13.9. The Morgan fingerprint density at radius 3 is 2.50 bits per heavy atom. The van der Waals surface area contributed by atoms with Crippen LogP contribution in [0.2, 0.25) is 0 Å². The molecule has 0 bridgehead atoms. The highest BCUT2D eigenvalue weighted by Crippen LogP contribution is 2.45. The standard InChI is InChI=1S/C22H24F4N2O2/c1-13-11-28-19-15(13)7-8-27-17(19)10-21(29,22(24,25)26)12-20(2,3)16-9-14(23)5-6-18(16)30-4/h5-9,11,28-29H,10,12H2,1-4H3. The summed E-state index contributed by atoms with van der Waals surface area (Å²) >= 11 is 0. The Bertz CT molecular complexity index is 1060. The van der Waals surface area contributed by atoms with Crippen molar-refractivity contribution >= 4 is 10.9 Å². The Labute approximate surface area is 171 Å². The second-order valence-corrected chi connectivity index (χ2v) is 8.26. The maximum atomic E-state index is 14.1. The fourth-order valence-electron chi connectivity index (χ4n) is 3.96. The predicted octanol–water partition coefficient (Wildman–Crippen LogP) is 5.22. The molecule has 1 atom stereocenters. The minimum atomic E-state index is -4.93. The van der Waals surface area contributed by atoms with Gasteiger partial charge in [0.05, 0.1) is 18.3 Å². The molecule has 0 aliphatic rings. The Hall–Kier alpha value is -2.61. The monoisotopic (exact) mass is 424 g/mol. The molecule has 30 heavy (non-hydrogen) atoms. The smallest absolute Gasteiger partial charge is 0.417 e. The highest BCUT2D eigenvalue weighted by atomic mass is 19.4. The number of rotatable bonds is 6. The highest BCUT2D eigenvalue weighted by Gasteiger charge is 2.56. The molecule has 0 amide bonds. The maximum absolute atomic E-state index is 14.1. The van der Waals surface area contributed by atoms with Crippen LogP contribution in [0.4, 0.5) is 17.6 Å². The van der Waals surface area contributed by atoms with E-state index in [0.717, 1.165) is 17.0 Å². The van der Waals surface area contributed by atoms with Crippen molar-refractivity contribution in [3.63, 3.8) is 0 Å². The summed E-state index contributed by atoms with van der Waals surface area (Å²) in [6.45, 7) is 4.87. The van der Waals surface area contributed by atoms with E-state index in [1.807, 2.05) is 6.92 Å². The SMILES string of the molecule is COc1ccc(F)cc1C(C)(C)CC(O)(Cc1nccc2c(C)c[nH]c12)C(F)(F)F. The van der Waals surface area contributed by atoms with Gasteiger partial charge in [0.15, 0.2) is 5.60 Å². The number of ether oxygens (including phenoxy) is 1. The summed E-state index contributed by atoms with van der Waals surface area (Å²) in [6.07, 6.45) is -3.27. The van der Waals surface area contributed by atoms with Crippen molar-refractivity contribution in [2.75, 3.05) is 7.11 Å². The molecule has 2 N–H and O–H groups in total. The molecule has 0 spiro atoms. The normalized spacial score (nSPS) is 14.7. The number of hydrogen-bond acceptors (Lipinski definition) is 3. The average Bonchev–Trinajstić information content (AvgIpc) is 3.02. The number of nitrogens with one attached hydrogen (secondary N) is 1. The fraction of sp³-hybridized carbons (Fsp3) is 0.409. The van der Waals surface area contributed by atoms with E-state index in [-0.39, 0.29) is 17.0 Å². The lowest BCUT2D eigenvalue weighted by Gasteiger charge is -2.38. The number of methoxy groups -OCH3 is 1. The summed E-state index contributed by atoms with van der Waals surface area (Å²) < 4.78 is 61.4. The van der Waals surface area contributed by atoms with Gasteiger partial charge in [-0.2, -0.15) is 13.2 Å². The van der Waals surface area contributed by atoms with Gasteiger partial charge < -0.3 is 14.8 Å². The summed E-state index contributed by atoms with van der Waals surface area (Å²) in [5.74, 6) is -0.339. The number of halogens is 4. The Kier molecular flexibility index (Phi) is 5.58. The zero-order chi connectivity index (χ0) is 22.3. The van der Waals surface area contributed by atoms with Gasteiger partial charge in [0.1, 0.15) is 11.6 Å². The molecule has 0 aliphatic carbocycles. The van der Waals surface area contributed by atoms with Crippen LogP contribution < -0.4 is 4.74 Å². The number of benzene rings is 1. The molecule has 4 nitrogen and oxygen atoms in total. The molecule has 0 saturated heterocycles. The van der Waals surface area contributed by atoms with Gasteiger partial charge in [-0.3, -0.25) is 4.98 Å². The minimum absolute atomic E-state index is 0.113. The molecule has 1 aromatic carbocycles. The van der Waals surface area contributed by atoms with Crippen molar-refractivity contribution in [3.8, 4) is 5.75 Å². The van der Waals surface area contributed by atoms with Gasteiger partial charge in [-0.25, -0.2) is 4.39 Å². The number of hydrogen-bond donors (Lipinski definition) is 2. The summed E-state index contributed by atoms with van der Waals surface area (Å²) in [4.78, 5) is 7.03. The largest absolute Gasteiger partial charge is 0.496 e. The average molecular weight is 424 g/mol. The van der Waals surface area contributed by atoms with E-state index in [4.69, 9.17) is 4.74 Å². The number of aliphatic hydroxyl groups is 1. The second kappa shape index (κ2) is 7.58. The van der Waals surface area contributed by atoms with Crippen LogP contribution in [0.1, 0.15) is 37.1 Å². The molecule has 8 heteroatoms. The molecule has 0 aliphatic heterocycles. The Morgan fingerprint density at radius 1 is 1.17 bits per heavy atom. The summed E-state index contributed by atoms with van der Waals surface area (Å²) in [6, 6.07) is 5.39. The van der Waals surface area contributed by atoms with E-state index < -0.39 is 35.9 Å². The van der Waals surface area contributed by atoms with Crippen molar-refractivity contribution in [1.82, 2.24) is 9.97 Å². The molecule has 3 rings (SSSR count). The van der Waals surface area contributed by atoms with Crippen LogP contribution in [0.25, 0.3) is 10.9 Å². The third-order valence-electron chi connectivity index (χ3n) is 5.50. The van der Waals surface area contributed by atoms with Crippen LogP contribution in [0.15, 0.2) is 36.7 Å². The molecular formula is C22H24F4N2O2. The highest BCUT2D eigenvalue weighted by molar-refractivity contribution is 5.84. The Morgan fingerprint density at radius 2 is 1.87 bits per heavy atom. The first-order valence-corrected chi connectivity index (χ1v) is 9.43. The lowest BCUT2D eigenvalue weighted by molar-refractivity contribution is -0.266. The van der Waals surface area contributed by atoms with Gasteiger partial charge in [0.2, 0.25) is 0 Å².